The van der Waals surface area contributed by atoms with Crippen molar-refractivity contribution in [2.75, 3.05) is 31.1 Å². The molecule has 2 aliphatic rings. The number of anilines is 1. The molecule has 1 fully saturated rings. The molecule has 6 nitrogen and oxygen atoms in total. The zero-order chi connectivity index (χ0) is 30.9. The van der Waals surface area contributed by atoms with Crippen molar-refractivity contribution in [1.29, 1.82) is 0 Å². The number of benzene rings is 3. The maximum absolute atomic E-state index is 13.9. The van der Waals surface area contributed by atoms with E-state index in [1.807, 2.05) is 18.2 Å². The second-order valence-corrected chi connectivity index (χ2v) is 12.0. The van der Waals surface area contributed by atoms with Crippen molar-refractivity contribution in [3.63, 3.8) is 0 Å². The van der Waals surface area contributed by atoms with E-state index in [0.29, 0.717) is 35.5 Å². The molecule has 0 aliphatic carbocycles. The van der Waals surface area contributed by atoms with Crippen LogP contribution in [0.5, 0.6) is 11.5 Å². The quantitative estimate of drug-likeness (QED) is 0.219. The van der Waals surface area contributed by atoms with E-state index in [-0.39, 0.29) is 12.1 Å². The van der Waals surface area contributed by atoms with E-state index in [0.717, 1.165) is 42.8 Å². The van der Waals surface area contributed by atoms with E-state index in [2.05, 4.69) is 47.2 Å². The number of carbonyl (C=O) groups excluding carboxylic acids is 1. The number of nitrogens with zero attached hydrogens (tertiary/aromatic N) is 3. The number of alkyl halides is 3. The van der Waals surface area contributed by atoms with Crippen LogP contribution in [0.4, 0.5) is 19.0 Å². The van der Waals surface area contributed by atoms with Gasteiger partial charge in [0.05, 0.1) is 5.52 Å². The van der Waals surface area contributed by atoms with Gasteiger partial charge in [-0.2, -0.15) is 13.2 Å². The van der Waals surface area contributed by atoms with E-state index in [4.69, 9.17) is 9.72 Å². The summed E-state index contributed by atoms with van der Waals surface area (Å²) >= 11 is 0. The van der Waals surface area contributed by atoms with Crippen LogP contribution in [0, 0.1) is 0 Å². The highest BCUT2D eigenvalue weighted by molar-refractivity contribution is 5.94. The van der Waals surface area contributed by atoms with Gasteiger partial charge in [0, 0.05) is 41.7 Å². The highest BCUT2D eigenvalue weighted by Gasteiger charge is 2.48. The number of halogens is 3. The molecule has 44 heavy (non-hydrogen) atoms. The molecule has 0 radical (unpaired) electrons. The van der Waals surface area contributed by atoms with Gasteiger partial charge in [0.25, 0.3) is 0 Å². The largest absolute Gasteiger partial charge is 0.457 e. The number of rotatable bonds is 8. The molecule has 2 aliphatic heterocycles. The van der Waals surface area contributed by atoms with Crippen molar-refractivity contribution < 1.29 is 22.7 Å². The molecular formula is C35H37F3N4O2. The molecule has 1 aromatic heterocycles. The van der Waals surface area contributed by atoms with Gasteiger partial charge in [-0.1, -0.05) is 61.0 Å². The zero-order valence-electron chi connectivity index (χ0n) is 25.0. The second kappa shape index (κ2) is 12.1. The second-order valence-electron chi connectivity index (χ2n) is 12.0. The predicted octanol–water partition coefficient (Wildman–Crippen LogP) is 7.07. The van der Waals surface area contributed by atoms with Gasteiger partial charge < -0.3 is 15.0 Å². The topological polar surface area (TPSA) is 57.7 Å². The minimum absolute atomic E-state index is 0.278. The SMILES string of the molecule is C[C@@H]1CN(c2ccc3ccccc3n2)C[C@H](C)N1CCCCC1(C(=O)NCC(F)(F)F)c2ccccc2Oc2ccccc21. The van der Waals surface area contributed by atoms with Crippen LogP contribution in [0.2, 0.25) is 0 Å². The average Bonchev–Trinajstić information content (AvgIpc) is 3.01. The predicted molar refractivity (Wildman–Crippen MR) is 166 cm³/mol. The number of hydrogen-bond donors (Lipinski definition) is 1. The first-order chi connectivity index (χ1) is 21.2. The number of aromatic nitrogens is 1. The van der Waals surface area contributed by atoms with Gasteiger partial charge in [-0.15, -0.1) is 0 Å². The lowest BCUT2D eigenvalue weighted by Gasteiger charge is -2.45. The smallest absolute Gasteiger partial charge is 0.405 e. The molecular weight excluding hydrogens is 565 g/mol. The van der Waals surface area contributed by atoms with Crippen LogP contribution < -0.4 is 15.0 Å². The number of fused-ring (bicyclic) bond motifs is 3. The van der Waals surface area contributed by atoms with Gasteiger partial charge in [-0.05, 0) is 63.6 Å². The maximum Gasteiger partial charge on any atom is 0.405 e. The van der Waals surface area contributed by atoms with E-state index in [1.165, 1.54) is 0 Å². The van der Waals surface area contributed by atoms with E-state index in [1.54, 1.807) is 48.5 Å². The number of nitrogens with one attached hydrogen (secondary N) is 1. The van der Waals surface area contributed by atoms with Crippen LogP contribution in [-0.2, 0) is 10.2 Å². The average molecular weight is 603 g/mol. The molecule has 9 heteroatoms. The molecule has 0 saturated carbocycles. The first-order valence-corrected chi connectivity index (χ1v) is 15.2. The highest BCUT2D eigenvalue weighted by atomic mass is 19.4. The Hall–Kier alpha value is -4.11. The summed E-state index contributed by atoms with van der Waals surface area (Å²) in [7, 11) is 0. The standard InChI is InChI=1S/C35H37F3N4O2/c1-24-21-41(32-18-17-26-11-3-6-14-29(26)40-32)22-25(2)42(24)20-10-9-19-34(33(43)39-23-35(36,37)38)27-12-4-7-15-30(27)44-31-16-8-5-13-28(31)34/h3-8,11-18,24-25H,9-10,19-23H2,1-2H3,(H,39,43)/t24-,25+. The Kier molecular flexibility index (Phi) is 8.24. The van der Waals surface area contributed by atoms with Crippen LogP contribution >= 0.6 is 0 Å². The van der Waals surface area contributed by atoms with Crippen molar-refractivity contribution in [3.05, 3.63) is 96.1 Å². The fourth-order valence-corrected chi connectivity index (χ4v) is 6.94. The van der Waals surface area contributed by atoms with Crippen molar-refractivity contribution in [3.8, 4) is 11.5 Å². The van der Waals surface area contributed by atoms with Gasteiger partial charge in [0.15, 0.2) is 0 Å². The molecule has 4 aromatic rings. The van der Waals surface area contributed by atoms with E-state index >= 15 is 0 Å². The molecule has 0 bridgehead atoms. The lowest BCUT2D eigenvalue weighted by atomic mass is 9.68. The minimum Gasteiger partial charge on any atom is -0.457 e. The molecule has 2 atom stereocenters. The number of pyridine rings is 1. The first kappa shape index (κ1) is 29.9. The fraction of sp³-hybridized carbons (Fsp3) is 0.371. The fourth-order valence-electron chi connectivity index (χ4n) is 6.94. The Morgan fingerprint density at radius 3 is 2.16 bits per heavy atom. The van der Waals surface area contributed by atoms with Gasteiger partial charge in [0.2, 0.25) is 5.91 Å². The van der Waals surface area contributed by atoms with Crippen LogP contribution in [0.15, 0.2) is 84.9 Å². The van der Waals surface area contributed by atoms with Gasteiger partial charge in [-0.3, -0.25) is 9.69 Å². The van der Waals surface area contributed by atoms with Gasteiger partial charge in [-0.25, -0.2) is 4.98 Å². The zero-order valence-corrected chi connectivity index (χ0v) is 25.0. The van der Waals surface area contributed by atoms with Crippen molar-refractivity contribution in [2.24, 2.45) is 0 Å². The van der Waals surface area contributed by atoms with Crippen LogP contribution in [0.3, 0.4) is 0 Å². The number of unbranched alkanes of at least 4 members (excludes halogenated alkanes) is 1. The summed E-state index contributed by atoms with van der Waals surface area (Å²) in [5, 5.41) is 3.33. The third kappa shape index (κ3) is 5.85. The Morgan fingerprint density at radius 1 is 0.886 bits per heavy atom. The van der Waals surface area contributed by atoms with Gasteiger partial charge >= 0.3 is 6.18 Å². The first-order valence-electron chi connectivity index (χ1n) is 15.2. The molecule has 1 amide bonds. The maximum atomic E-state index is 13.9. The van der Waals surface area contributed by atoms with Gasteiger partial charge in [0.1, 0.15) is 29.3 Å². The molecule has 0 spiro atoms. The lowest BCUT2D eigenvalue weighted by molar-refractivity contribution is -0.141. The number of para-hydroxylation sites is 3. The van der Waals surface area contributed by atoms with Crippen molar-refractivity contribution in [1.82, 2.24) is 15.2 Å². The third-order valence-corrected chi connectivity index (χ3v) is 8.98. The molecule has 3 aromatic carbocycles. The number of piperazine rings is 1. The Labute approximate surface area is 255 Å². The molecule has 1 N–H and O–H groups in total. The molecule has 230 valence electrons. The molecule has 6 rings (SSSR count). The molecule has 0 unspecified atom stereocenters. The summed E-state index contributed by atoms with van der Waals surface area (Å²) in [4.78, 5) is 23.6. The summed E-state index contributed by atoms with van der Waals surface area (Å²) in [6, 6.07) is 27.2. The summed E-state index contributed by atoms with van der Waals surface area (Å²) in [6.45, 7) is 5.57. The Balaban J connectivity index is 1.18. The number of ether oxygens (including phenoxy) is 1. The summed E-state index contributed by atoms with van der Waals surface area (Å²) in [6.07, 6.45) is -2.72. The lowest BCUT2D eigenvalue weighted by Crippen LogP contribution is -2.57. The molecule has 1 saturated heterocycles. The third-order valence-electron chi connectivity index (χ3n) is 8.98. The minimum atomic E-state index is -4.52. The van der Waals surface area contributed by atoms with Crippen molar-refractivity contribution >= 4 is 22.6 Å². The van der Waals surface area contributed by atoms with Crippen LogP contribution in [0.1, 0.15) is 44.2 Å². The Morgan fingerprint density at radius 2 is 1.50 bits per heavy atom. The summed E-state index contributed by atoms with van der Waals surface area (Å²) in [5.41, 5.74) is 0.874. The number of carbonyl (C=O) groups is 1. The van der Waals surface area contributed by atoms with E-state index < -0.39 is 24.0 Å². The van der Waals surface area contributed by atoms with Crippen LogP contribution in [-0.4, -0.2) is 60.2 Å². The Bertz CT molecular complexity index is 1580. The molecule has 3 heterocycles. The van der Waals surface area contributed by atoms with Crippen LogP contribution in [0.25, 0.3) is 10.9 Å². The highest BCUT2D eigenvalue weighted by Crippen LogP contribution is 2.50. The normalized spacial score (nSPS) is 19.6. The number of hydrogen-bond acceptors (Lipinski definition) is 5. The van der Waals surface area contributed by atoms with E-state index in [9.17, 15) is 18.0 Å². The monoisotopic (exact) mass is 602 g/mol. The van der Waals surface area contributed by atoms with Crippen molar-refractivity contribution in [2.45, 2.75) is 56.8 Å². The number of amides is 1. The summed E-state index contributed by atoms with van der Waals surface area (Å²) < 4.78 is 45.8. The summed E-state index contributed by atoms with van der Waals surface area (Å²) in [5.74, 6) is 1.31.